The van der Waals surface area contributed by atoms with Gasteiger partial charge in [0.2, 0.25) is 0 Å². The lowest BCUT2D eigenvalue weighted by atomic mass is 10.1. The van der Waals surface area contributed by atoms with Crippen LogP contribution in [0.1, 0.15) is 19.8 Å². The lowest BCUT2D eigenvalue weighted by molar-refractivity contribution is 0.241. The summed E-state index contributed by atoms with van der Waals surface area (Å²) in [7, 11) is 0. The molecule has 1 rings (SSSR count). The van der Waals surface area contributed by atoms with Gasteiger partial charge < -0.3 is 10.4 Å². The summed E-state index contributed by atoms with van der Waals surface area (Å²) < 4.78 is 0. The molecule has 0 bridgehead atoms. The van der Waals surface area contributed by atoms with Gasteiger partial charge in [0.15, 0.2) is 0 Å². The molecule has 1 saturated heterocycles. The fraction of sp³-hybridized carbons (Fsp3) is 1.00. The van der Waals surface area contributed by atoms with Gasteiger partial charge in [0, 0.05) is 17.8 Å². The van der Waals surface area contributed by atoms with Gasteiger partial charge in [-0.05, 0) is 25.5 Å². The summed E-state index contributed by atoms with van der Waals surface area (Å²) in [5, 5.41) is 12.2. The second-order valence-corrected chi connectivity index (χ2v) is 4.31. The highest BCUT2D eigenvalue weighted by Crippen LogP contribution is 2.16. The maximum Gasteiger partial charge on any atom is 0.0582 e. The maximum atomic E-state index is 8.80. The number of thioether (sulfide) groups is 1. The molecular weight excluding hydrogens is 158 g/mol. The van der Waals surface area contributed by atoms with Crippen molar-refractivity contribution in [3.8, 4) is 0 Å². The standard InChI is InChI=1S/C8H17NOS/c1-7(5-10)9-8-3-2-4-11-6-8/h7-10H,2-6H2,1H3/t7-,8+/m0/s1. The molecule has 0 aliphatic carbocycles. The first kappa shape index (κ1) is 9.36. The Morgan fingerprint density at radius 2 is 2.55 bits per heavy atom. The van der Waals surface area contributed by atoms with Crippen molar-refractivity contribution in [1.82, 2.24) is 5.32 Å². The Morgan fingerprint density at radius 1 is 1.73 bits per heavy atom. The first-order chi connectivity index (χ1) is 5.33. The van der Waals surface area contributed by atoms with Crippen LogP contribution in [0, 0.1) is 0 Å². The second-order valence-electron chi connectivity index (χ2n) is 3.16. The van der Waals surface area contributed by atoms with Crippen LogP contribution in [0.15, 0.2) is 0 Å². The zero-order valence-electron chi connectivity index (χ0n) is 7.05. The van der Waals surface area contributed by atoms with E-state index in [2.05, 4.69) is 5.32 Å². The summed E-state index contributed by atoms with van der Waals surface area (Å²) in [5.41, 5.74) is 0. The Kier molecular flexibility index (Phi) is 4.26. The van der Waals surface area contributed by atoms with Crippen molar-refractivity contribution in [3.63, 3.8) is 0 Å². The van der Waals surface area contributed by atoms with Gasteiger partial charge in [0.25, 0.3) is 0 Å². The molecule has 11 heavy (non-hydrogen) atoms. The van der Waals surface area contributed by atoms with Crippen molar-refractivity contribution in [2.45, 2.75) is 31.8 Å². The van der Waals surface area contributed by atoms with Crippen molar-refractivity contribution in [2.24, 2.45) is 0 Å². The maximum absolute atomic E-state index is 8.80. The zero-order chi connectivity index (χ0) is 8.10. The molecule has 0 spiro atoms. The highest BCUT2D eigenvalue weighted by Gasteiger charge is 2.14. The van der Waals surface area contributed by atoms with Crippen LogP contribution >= 0.6 is 11.8 Å². The largest absolute Gasteiger partial charge is 0.395 e. The summed E-state index contributed by atoms with van der Waals surface area (Å²) in [6.45, 7) is 2.28. The SMILES string of the molecule is C[C@@H](CO)N[C@@H]1CCCSC1. The van der Waals surface area contributed by atoms with Gasteiger partial charge in [-0.15, -0.1) is 0 Å². The number of hydrogen-bond donors (Lipinski definition) is 2. The van der Waals surface area contributed by atoms with Crippen LogP contribution in [0.5, 0.6) is 0 Å². The topological polar surface area (TPSA) is 32.3 Å². The quantitative estimate of drug-likeness (QED) is 0.667. The predicted molar refractivity (Wildman–Crippen MR) is 50.0 cm³/mol. The predicted octanol–water partition coefficient (Wildman–Crippen LogP) is 0.852. The smallest absolute Gasteiger partial charge is 0.0582 e. The van der Waals surface area contributed by atoms with Crippen molar-refractivity contribution < 1.29 is 5.11 Å². The van der Waals surface area contributed by atoms with Crippen LogP contribution in [-0.4, -0.2) is 35.3 Å². The molecule has 2 N–H and O–H groups in total. The minimum absolute atomic E-state index is 0.251. The summed E-state index contributed by atoms with van der Waals surface area (Å²) in [6.07, 6.45) is 2.60. The molecule has 0 amide bonds. The zero-order valence-corrected chi connectivity index (χ0v) is 7.86. The highest BCUT2D eigenvalue weighted by atomic mass is 32.2. The third-order valence-electron chi connectivity index (χ3n) is 1.95. The van der Waals surface area contributed by atoms with Crippen LogP contribution in [0.3, 0.4) is 0 Å². The van der Waals surface area contributed by atoms with Gasteiger partial charge in [-0.1, -0.05) is 0 Å². The molecule has 0 aromatic carbocycles. The molecule has 0 unspecified atom stereocenters. The summed E-state index contributed by atoms with van der Waals surface area (Å²) in [4.78, 5) is 0. The molecule has 3 heteroatoms. The first-order valence-corrected chi connectivity index (χ1v) is 5.43. The van der Waals surface area contributed by atoms with Crippen LogP contribution in [0.4, 0.5) is 0 Å². The summed E-state index contributed by atoms with van der Waals surface area (Å²) in [6, 6.07) is 0.898. The van der Waals surface area contributed by atoms with E-state index in [-0.39, 0.29) is 12.6 Å². The van der Waals surface area contributed by atoms with E-state index in [9.17, 15) is 0 Å². The fourth-order valence-electron chi connectivity index (χ4n) is 1.33. The van der Waals surface area contributed by atoms with E-state index in [0.717, 1.165) is 0 Å². The molecule has 2 atom stereocenters. The minimum atomic E-state index is 0.251. The molecule has 0 saturated carbocycles. The van der Waals surface area contributed by atoms with Gasteiger partial charge in [0.05, 0.1) is 6.61 Å². The van der Waals surface area contributed by atoms with Crippen LogP contribution in [0.2, 0.25) is 0 Å². The van der Waals surface area contributed by atoms with Gasteiger partial charge >= 0.3 is 0 Å². The van der Waals surface area contributed by atoms with Gasteiger partial charge in [-0.2, -0.15) is 11.8 Å². The average molecular weight is 175 g/mol. The Hall–Kier alpha value is 0.270. The molecule has 0 radical (unpaired) electrons. The number of hydrogen-bond acceptors (Lipinski definition) is 3. The first-order valence-electron chi connectivity index (χ1n) is 4.27. The Labute approximate surface area is 72.8 Å². The van der Waals surface area contributed by atoms with E-state index >= 15 is 0 Å². The van der Waals surface area contributed by atoms with Gasteiger partial charge in [0.1, 0.15) is 0 Å². The monoisotopic (exact) mass is 175 g/mol. The van der Waals surface area contributed by atoms with E-state index in [1.54, 1.807) is 0 Å². The molecule has 0 aromatic rings. The normalized spacial score (nSPS) is 28.4. The van der Waals surface area contributed by atoms with Gasteiger partial charge in [-0.3, -0.25) is 0 Å². The van der Waals surface area contributed by atoms with E-state index in [1.807, 2.05) is 18.7 Å². The number of rotatable bonds is 3. The molecule has 1 aliphatic heterocycles. The van der Waals surface area contributed by atoms with Gasteiger partial charge in [-0.25, -0.2) is 0 Å². The lowest BCUT2D eigenvalue weighted by Gasteiger charge is -2.25. The molecule has 1 fully saturated rings. The van der Waals surface area contributed by atoms with Crippen molar-refractivity contribution in [2.75, 3.05) is 18.1 Å². The molecular formula is C8H17NOS. The molecule has 66 valence electrons. The Bertz CT molecular complexity index is 104. The van der Waals surface area contributed by atoms with E-state index < -0.39 is 0 Å². The molecule has 1 aliphatic rings. The molecule has 2 nitrogen and oxygen atoms in total. The number of nitrogens with one attached hydrogen (secondary N) is 1. The highest BCUT2D eigenvalue weighted by molar-refractivity contribution is 7.99. The minimum Gasteiger partial charge on any atom is -0.395 e. The van der Waals surface area contributed by atoms with Crippen LogP contribution in [-0.2, 0) is 0 Å². The third kappa shape index (κ3) is 3.45. The van der Waals surface area contributed by atoms with Crippen LogP contribution < -0.4 is 5.32 Å². The Morgan fingerprint density at radius 3 is 3.09 bits per heavy atom. The van der Waals surface area contributed by atoms with E-state index in [1.165, 1.54) is 24.3 Å². The van der Waals surface area contributed by atoms with Crippen molar-refractivity contribution >= 4 is 11.8 Å². The number of aliphatic hydroxyl groups excluding tert-OH is 1. The summed E-state index contributed by atoms with van der Waals surface area (Å²) in [5.74, 6) is 2.52. The van der Waals surface area contributed by atoms with Crippen LogP contribution in [0.25, 0.3) is 0 Å². The molecule has 0 aromatic heterocycles. The average Bonchev–Trinajstić information content (AvgIpc) is 2.06. The summed E-state index contributed by atoms with van der Waals surface area (Å²) >= 11 is 2.01. The van der Waals surface area contributed by atoms with Crippen molar-refractivity contribution in [3.05, 3.63) is 0 Å². The van der Waals surface area contributed by atoms with E-state index in [4.69, 9.17) is 5.11 Å². The fourth-order valence-corrected chi connectivity index (χ4v) is 2.41. The molecule has 1 heterocycles. The lowest BCUT2D eigenvalue weighted by Crippen LogP contribution is -2.41. The van der Waals surface area contributed by atoms with Crippen molar-refractivity contribution in [1.29, 1.82) is 0 Å². The third-order valence-corrected chi connectivity index (χ3v) is 3.17. The number of aliphatic hydroxyl groups is 1. The Balaban J connectivity index is 2.13. The second kappa shape index (κ2) is 5.01. The van der Waals surface area contributed by atoms with E-state index in [0.29, 0.717) is 6.04 Å².